The number of thioether (sulfide) groups is 1. The van der Waals surface area contributed by atoms with Crippen molar-refractivity contribution >= 4 is 11.8 Å². The normalized spacial score (nSPS) is 12.2. The smallest absolute Gasteiger partial charge is 0.247 e. The summed E-state index contributed by atoms with van der Waals surface area (Å²) in [5, 5.41) is 17.9. The van der Waals surface area contributed by atoms with Crippen molar-refractivity contribution in [2.45, 2.75) is 37.7 Å². The van der Waals surface area contributed by atoms with Crippen LogP contribution in [0.25, 0.3) is 22.8 Å². The monoisotopic (exact) mass is 392 g/mol. The molecule has 4 rings (SSSR count). The fraction of sp³-hybridized carbons (Fsp3) is 0.250. The number of benzene rings is 1. The molecule has 4 aromatic rings. The van der Waals surface area contributed by atoms with Gasteiger partial charge in [-0.2, -0.15) is 0 Å². The largest absolute Gasteiger partial charge is 0.419 e. The fourth-order valence-corrected chi connectivity index (χ4v) is 3.74. The molecule has 0 bridgehead atoms. The summed E-state index contributed by atoms with van der Waals surface area (Å²) in [6.45, 7) is 6.91. The molecule has 1 atom stereocenters. The summed E-state index contributed by atoms with van der Waals surface area (Å²) in [5.74, 6) is 1.92. The Bertz CT molecular complexity index is 1060. The van der Waals surface area contributed by atoms with E-state index in [2.05, 4.69) is 36.9 Å². The van der Waals surface area contributed by atoms with E-state index in [1.54, 1.807) is 24.2 Å². The summed E-state index contributed by atoms with van der Waals surface area (Å²) in [6.07, 6.45) is 3.51. The third-order valence-corrected chi connectivity index (χ3v) is 5.41. The molecule has 28 heavy (non-hydrogen) atoms. The Balaban J connectivity index is 1.55. The predicted octanol–water partition coefficient (Wildman–Crippen LogP) is 4.57. The van der Waals surface area contributed by atoms with E-state index in [0.29, 0.717) is 11.8 Å². The van der Waals surface area contributed by atoms with Gasteiger partial charge in [-0.05, 0) is 45.0 Å². The predicted molar refractivity (Wildman–Crippen MR) is 108 cm³/mol. The summed E-state index contributed by atoms with van der Waals surface area (Å²) in [6, 6.07) is 11.9. The molecule has 1 aromatic carbocycles. The Morgan fingerprint density at radius 3 is 2.43 bits per heavy atom. The molecule has 0 radical (unpaired) electrons. The Hall–Kier alpha value is -3.00. The lowest BCUT2D eigenvalue weighted by molar-refractivity contribution is 0.508. The highest BCUT2D eigenvalue weighted by atomic mass is 32.2. The molecule has 0 aliphatic rings. The summed E-state index contributed by atoms with van der Waals surface area (Å²) >= 11 is 1.55. The Kier molecular flexibility index (Phi) is 5.21. The zero-order valence-electron chi connectivity index (χ0n) is 15.9. The molecular weight excluding hydrogens is 372 g/mol. The SMILES string of the molecule is CCn1c(SC(C)c2nnc(-c3ccc(C)cc3)o2)nnc1-c1ccncc1. The van der Waals surface area contributed by atoms with Gasteiger partial charge in [0, 0.05) is 30.1 Å². The van der Waals surface area contributed by atoms with E-state index < -0.39 is 0 Å². The molecule has 0 fully saturated rings. The second-order valence-electron chi connectivity index (χ2n) is 6.36. The van der Waals surface area contributed by atoms with Crippen molar-refractivity contribution in [3.05, 3.63) is 60.2 Å². The summed E-state index contributed by atoms with van der Waals surface area (Å²) in [5.41, 5.74) is 3.10. The van der Waals surface area contributed by atoms with Gasteiger partial charge in [0.1, 0.15) is 0 Å². The van der Waals surface area contributed by atoms with Gasteiger partial charge in [0.15, 0.2) is 11.0 Å². The van der Waals surface area contributed by atoms with Crippen LogP contribution < -0.4 is 0 Å². The molecule has 142 valence electrons. The number of aryl methyl sites for hydroxylation is 1. The quantitative estimate of drug-likeness (QED) is 0.444. The summed E-state index contributed by atoms with van der Waals surface area (Å²) in [4.78, 5) is 4.06. The van der Waals surface area contributed by atoms with Crippen molar-refractivity contribution in [2.75, 3.05) is 0 Å². The minimum Gasteiger partial charge on any atom is -0.419 e. The molecule has 1 unspecified atom stereocenters. The average molecular weight is 392 g/mol. The molecule has 0 aliphatic heterocycles. The molecule has 0 saturated heterocycles. The van der Waals surface area contributed by atoms with Crippen molar-refractivity contribution in [1.82, 2.24) is 29.9 Å². The standard InChI is InChI=1S/C20H20N6OS/c1-4-26-17(15-9-11-21-12-10-15)22-25-20(26)28-14(3)18-23-24-19(27-18)16-7-5-13(2)6-8-16/h5-12,14H,4H2,1-3H3. The highest BCUT2D eigenvalue weighted by Crippen LogP contribution is 2.35. The van der Waals surface area contributed by atoms with Gasteiger partial charge in [-0.3, -0.25) is 4.98 Å². The lowest BCUT2D eigenvalue weighted by Gasteiger charge is -2.09. The van der Waals surface area contributed by atoms with E-state index in [9.17, 15) is 0 Å². The lowest BCUT2D eigenvalue weighted by Crippen LogP contribution is -2.01. The molecule has 0 N–H and O–H groups in total. The van der Waals surface area contributed by atoms with Crippen LogP contribution in [0.4, 0.5) is 0 Å². The highest BCUT2D eigenvalue weighted by Gasteiger charge is 2.21. The maximum absolute atomic E-state index is 5.90. The van der Waals surface area contributed by atoms with Crippen LogP contribution in [0, 0.1) is 6.92 Å². The third kappa shape index (κ3) is 3.68. The first-order valence-corrected chi connectivity index (χ1v) is 9.94. The molecule has 0 spiro atoms. The molecule has 8 heteroatoms. The van der Waals surface area contributed by atoms with E-state index in [1.807, 2.05) is 50.2 Å². The summed E-state index contributed by atoms with van der Waals surface area (Å²) < 4.78 is 7.98. The minimum atomic E-state index is -0.0495. The van der Waals surface area contributed by atoms with E-state index in [1.165, 1.54) is 5.56 Å². The Morgan fingerprint density at radius 1 is 0.964 bits per heavy atom. The van der Waals surface area contributed by atoms with Crippen LogP contribution in [-0.4, -0.2) is 29.9 Å². The average Bonchev–Trinajstić information content (AvgIpc) is 3.36. The molecular formula is C20H20N6OS. The van der Waals surface area contributed by atoms with Gasteiger partial charge < -0.3 is 8.98 Å². The van der Waals surface area contributed by atoms with Crippen LogP contribution in [0.5, 0.6) is 0 Å². The molecule has 0 amide bonds. The van der Waals surface area contributed by atoms with Crippen LogP contribution in [-0.2, 0) is 6.54 Å². The van der Waals surface area contributed by atoms with Crippen molar-refractivity contribution in [1.29, 1.82) is 0 Å². The van der Waals surface area contributed by atoms with Crippen molar-refractivity contribution in [3.8, 4) is 22.8 Å². The number of aromatic nitrogens is 6. The van der Waals surface area contributed by atoms with E-state index >= 15 is 0 Å². The first-order valence-electron chi connectivity index (χ1n) is 9.06. The third-order valence-electron chi connectivity index (χ3n) is 4.34. The van der Waals surface area contributed by atoms with Gasteiger partial charge in [-0.25, -0.2) is 0 Å². The maximum atomic E-state index is 5.90. The van der Waals surface area contributed by atoms with Gasteiger partial charge in [0.25, 0.3) is 0 Å². The number of nitrogens with zero attached hydrogens (tertiary/aromatic N) is 6. The fourth-order valence-electron chi connectivity index (χ4n) is 2.80. The maximum Gasteiger partial charge on any atom is 0.247 e. The Labute approximate surface area is 167 Å². The highest BCUT2D eigenvalue weighted by molar-refractivity contribution is 7.99. The summed E-state index contributed by atoms with van der Waals surface area (Å²) in [7, 11) is 0. The second-order valence-corrected chi connectivity index (χ2v) is 7.67. The van der Waals surface area contributed by atoms with E-state index in [-0.39, 0.29) is 5.25 Å². The molecule has 0 saturated carbocycles. The van der Waals surface area contributed by atoms with Gasteiger partial charge >= 0.3 is 0 Å². The van der Waals surface area contributed by atoms with Gasteiger partial charge in [0.2, 0.25) is 11.8 Å². The van der Waals surface area contributed by atoms with Crippen molar-refractivity contribution in [3.63, 3.8) is 0 Å². The Morgan fingerprint density at radius 2 is 1.71 bits per heavy atom. The van der Waals surface area contributed by atoms with Crippen molar-refractivity contribution < 1.29 is 4.42 Å². The van der Waals surface area contributed by atoms with Gasteiger partial charge in [-0.1, -0.05) is 29.5 Å². The second kappa shape index (κ2) is 7.93. The number of hydrogen-bond acceptors (Lipinski definition) is 7. The van der Waals surface area contributed by atoms with Crippen molar-refractivity contribution in [2.24, 2.45) is 0 Å². The first kappa shape index (κ1) is 18.4. The molecule has 7 nitrogen and oxygen atoms in total. The van der Waals surface area contributed by atoms with Crippen LogP contribution in [0.15, 0.2) is 58.4 Å². The van der Waals surface area contributed by atoms with Gasteiger partial charge in [-0.15, -0.1) is 20.4 Å². The zero-order chi connectivity index (χ0) is 19.5. The number of rotatable bonds is 6. The van der Waals surface area contributed by atoms with Crippen LogP contribution in [0.1, 0.15) is 30.6 Å². The van der Waals surface area contributed by atoms with Gasteiger partial charge in [0.05, 0.1) is 5.25 Å². The van der Waals surface area contributed by atoms with Crippen LogP contribution in [0.3, 0.4) is 0 Å². The van der Waals surface area contributed by atoms with Crippen LogP contribution in [0.2, 0.25) is 0 Å². The molecule has 3 aromatic heterocycles. The zero-order valence-corrected chi connectivity index (χ0v) is 16.7. The van der Waals surface area contributed by atoms with E-state index in [4.69, 9.17) is 4.42 Å². The lowest BCUT2D eigenvalue weighted by atomic mass is 10.1. The number of pyridine rings is 1. The number of hydrogen-bond donors (Lipinski definition) is 0. The molecule has 0 aliphatic carbocycles. The first-order chi connectivity index (χ1) is 13.7. The topological polar surface area (TPSA) is 82.5 Å². The van der Waals surface area contributed by atoms with E-state index in [0.717, 1.165) is 28.7 Å². The van der Waals surface area contributed by atoms with Crippen LogP contribution >= 0.6 is 11.8 Å². The minimum absolute atomic E-state index is 0.0495. The molecule has 3 heterocycles.